The highest BCUT2D eigenvalue weighted by atomic mass is 32.1. The number of thiophene rings is 1. The fourth-order valence-electron chi connectivity index (χ4n) is 2.28. The van der Waals surface area contributed by atoms with Crippen LogP contribution in [0.5, 0.6) is 0 Å². The number of hydrogen-bond acceptors (Lipinski definition) is 3. The number of hydrogen-bond donors (Lipinski definition) is 1. The van der Waals surface area contributed by atoms with E-state index in [2.05, 4.69) is 29.5 Å². The Hall–Kier alpha value is -0.380. The van der Waals surface area contributed by atoms with Crippen LogP contribution >= 0.6 is 11.3 Å². The van der Waals surface area contributed by atoms with Gasteiger partial charge < -0.3 is 5.73 Å². The minimum Gasteiger partial charge on any atom is -0.326 e. The van der Waals surface area contributed by atoms with Crippen molar-refractivity contribution >= 4 is 11.3 Å². The lowest BCUT2D eigenvalue weighted by molar-refractivity contribution is 0.222. The van der Waals surface area contributed by atoms with Crippen molar-refractivity contribution < 1.29 is 0 Å². The standard InChI is InChI=1S/C11H18N2S/c1-13(8-9-4-3-7-14-9)11-6-2-5-10(11)12/h3-4,7,10-11H,2,5-6,8,12H2,1H3. The highest BCUT2D eigenvalue weighted by Crippen LogP contribution is 2.23. The Kier molecular flexibility index (Phi) is 3.21. The summed E-state index contributed by atoms with van der Waals surface area (Å²) in [6, 6.07) is 5.29. The van der Waals surface area contributed by atoms with Crippen LogP contribution in [-0.4, -0.2) is 24.0 Å². The smallest absolute Gasteiger partial charge is 0.0328 e. The summed E-state index contributed by atoms with van der Waals surface area (Å²) in [7, 11) is 2.19. The molecule has 2 nitrogen and oxygen atoms in total. The lowest BCUT2D eigenvalue weighted by atomic mass is 10.1. The van der Waals surface area contributed by atoms with E-state index in [0.29, 0.717) is 12.1 Å². The second kappa shape index (κ2) is 4.43. The van der Waals surface area contributed by atoms with E-state index in [1.807, 2.05) is 11.3 Å². The number of rotatable bonds is 3. The van der Waals surface area contributed by atoms with Crippen molar-refractivity contribution in [2.75, 3.05) is 7.05 Å². The van der Waals surface area contributed by atoms with E-state index in [1.54, 1.807) is 0 Å². The summed E-state index contributed by atoms with van der Waals surface area (Å²) in [4.78, 5) is 3.84. The molecule has 1 heterocycles. The predicted molar refractivity (Wildman–Crippen MR) is 61.4 cm³/mol. The van der Waals surface area contributed by atoms with Crippen LogP contribution in [0, 0.1) is 0 Å². The molecule has 0 amide bonds. The first-order valence-electron chi connectivity index (χ1n) is 5.25. The molecule has 0 spiro atoms. The van der Waals surface area contributed by atoms with Gasteiger partial charge in [-0.05, 0) is 31.3 Å². The molecule has 0 radical (unpaired) electrons. The molecule has 1 aliphatic rings. The van der Waals surface area contributed by atoms with Gasteiger partial charge in [0.15, 0.2) is 0 Å². The van der Waals surface area contributed by atoms with Crippen molar-refractivity contribution in [1.82, 2.24) is 4.90 Å². The molecule has 78 valence electrons. The molecule has 0 aromatic carbocycles. The van der Waals surface area contributed by atoms with Crippen molar-refractivity contribution in [3.05, 3.63) is 22.4 Å². The SMILES string of the molecule is CN(Cc1cccs1)C1CCCC1N. The van der Waals surface area contributed by atoms with Crippen LogP contribution in [0.15, 0.2) is 17.5 Å². The van der Waals surface area contributed by atoms with Gasteiger partial charge in [-0.3, -0.25) is 4.90 Å². The molecule has 2 N–H and O–H groups in total. The zero-order valence-corrected chi connectivity index (χ0v) is 9.46. The second-order valence-electron chi connectivity index (χ2n) is 4.16. The Morgan fingerprint density at radius 2 is 2.43 bits per heavy atom. The first-order chi connectivity index (χ1) is 6.77. The van der Waals surface area contributed by atoms with Crippen LogP contribution < -0.4 is 5.73 Å². The molecule has 2 unspecified atom stereocenters. The maximum Gasteiger partial charge on any atom is 0.0328 e. The predicted octanol–water partition coefficient (Wildman–Crippen LogP) is 2.06. The molecule has 1 aromatic heterocycles. The first-order valence-corrected chi connectivity index (χ1v) is 6.13. The largest absolute Gasteiger partial charge is 0.326 e. The fourth-order valence-corrected chi connectivity index (χ4v) is 3.05. The van der Waals surface area contributed by atoms with Gasteiger partial charge in [0.25, 0.3) is 0 Å². The van der Waals surface area contributed by atoms with E-state index in [-0.39, 0.29) is 0 Å². The average Bonchev–Trinajstić information content (AvgIpc) is 2.75. The molecule has 1 aliphatic carbocycles. The lowest BCUT2D eigenvalue weighted by Crippen LogP contribution is -2.41. The molecule has 2 rings (SSSR count). The topological polar surface area (TPSA) is 29.3 Å². The van der Waals surface area contributed by atoms with Gasteiger partial charge >= 0.3 is 0 Å². The van der Waals surface area contributed by atoms with Crippen LogP contribution in [0.4, 0.5) is 0 Å². The summed E-state index contributed by atoms with van der Waals surface area (Å²) in [5.74, 6) is 0. The third-order valence-electron chi connectivity index (χ3n) is 3.08. The Balaban J connectivity index is 1.92. The highest BCUT2D eigenvalue weighted by molar-refractivity contribution is 7.09. The van der Waals surface area contributed by atoms with Crippen molar-refractivity contribution in [2.24, 2.45) is 5.73 Å². The Morgan fingerprint density at radius 3 is 3.00 bits per heavy atom. The van der Waals surface area contributed by atoms with E-state index < -0.39 is 0 Å². The van der Waals surface area contributed by atoms with Crippen LogP contribution in [0.2, 0.25) is 0 Å². The molecule has 1 aromatic rings. The van der Waals surface area contributed by atoms with Gasteiger partial charge in [-0.25, -0.2) is 0 Å². The van der Waals surface area contributed by atoms with Gasteiger partial charge in [-0.1, -0.05) is 12.5 Å². The van der Waals surface area contributed by atoms with Crippen LogP contribution in [-0.2, 0) is 6.54 Å². The molecule has 0 saturated heterocycles. The van der Waals surface area contributed by atoms with Crippen LogP contribution in [0.25, 0.3) is 0 Å². The molecule has 0 aliphatic heterocycles. The lowest BCUT2D eigenvalue weighted by Gasteiger charge is -2.27. The molecule has 2 atom stereocenters. The van der Waals surface area contributed by atoms with Gasteiger partial charge in [-0.2, -0.15) is 0 Å². The van der Waals surface area contributed by atoms with Crippen molar-refractivity contribution in [3.8, 4) is 0 Å². The van der Waals surface area contributed by atoms with Crippen molar-refractivity contribution in [1.29, 1.82) is 0 Å². The van der Waals surface area contributed by atoms with Gasteiger partial charge in [0.2, 0.25) is 0 Å². The molecule has 0 bridgehead atoms. The molecule has 3 heteroatoms. The van der Waals surface area contributed by atoms with E-state index in [1.165, 1.54) is 24.1 Å². The third-order valence-corrected chi connectivity index (χ3v) is 3.94. The van der Waals surface area contributed by atoms with Crippen molar-refractivity contribution in [2.45, 2.75) is 37.9 Å². The summed E-state index contributed by atoms with van der Waals surface area (Å²) in [5.41, 5.74) is 6.07. The van der Waals surface area contributed by atoms with E-state index in [9.17, 15) is 0 Å². The van der Waals surface area contributed by atoms with Crippen molar-refractivity contribution in [3.63, 3.8) is 0 Å². The summed E-state index contributed by atoms with van der Waals surface area (Å²) in [5, 5.41) is 2.14. The Labute approximate surface area is 89.7 Å². The Bertz CT molecular complexity index is 271. The van der Waals surface area contributed by atoms with Gasteiger partial charge in [0.05, 0.1) is 0 Å². The molecular weight excluding hydrogens is 192 g/mol. The molecule has 1 saturated carbocycles. The van der Waals surface area contributed by atoms with E-state index in [0.717, 1.165) is 6.54 Å². The minimum absolute atomic E-state index is 0.389. The minimum atomic E-state index is 0.389. The van der Waals surface area contributed by atoms with E-state index >= 15 is 0 Å². The summed E-state index contributed by atoms with van der Waals surface area (Å²) < 4.78 is 0. The van der Waals surface area contributed by atoms with Crippen LogP contribution in [0.1, 0.15) is 24.1 Å². The van der Waals surface area contributed by atoms with Gasteiger partial charge in [0, 0.05) is 23.5 Å². The van der Waals surface area contributed by atoms with Crippen LogP contribution in [0.3, 0.4) is 0 Å². The monoisotopic (exact) mass is 210 g/mol. The summed E-state index contributed by atoms with van der Waals surface area (Å²) >= 11 is 1.83. The normalized spacial score (nSPS) is 27.4. The summed E-state index contributed by atoms with van der Waals surface area (Å²) in [6.45, 7) is 1.05. The number of nitrogens with zero attached hydrogens (tertiary/aromatic N) is 1. The highest BCUT2D eigenvalue weighted by Gasteiger charge is 2.27. The molecule has 1 fully saturated rings. The van der Waals surface area contributed by atoms with E-state index in [4.69, 9.17) is 5.73 Å². The summed E-state index contributed by atoms with van der Waals surface area (Å²) in [6.07, 6.45) is 3.75. The fraction of sp³-hybridized carbons (Fsp3) is 0.636. The first kappa shape index (κ1) is 10.1. The molecule has 14 heavy (non-hydrogen) atoms. The van der Waals surface area contributed by atoms with Gasteiger partial charge in [-0.15, -0.1) is 11.3 Å². The average molecular weight is 210 g/mol. The quantitative estimate of drug-likeness (QED) is 0.827. The zero-order valence-electron chi connectivity index (χ0n) is 8.65. The zero-order chi connectivity index (χ0) is 9.97. The second-order valence-corrected chi connectivity index (χ2v) is 5.19. The Morgan fingerprint density at radius 1 is 1.57 bits per heavy atom. The number of likely N-dealkylation sites (N-methyl/N-ethyl adjacent to an activating group) is 1. The number of nitrogens with two attached hydrogens (primary N) is 1. The molecular formula is C11H18N2S. The van der Waals surface area contributed by atoms with Gasteiger partial charge in [0.1, 0.15) is 0 Å². The third kappa shape index (κ3) is 2.16. The maximum atomic E-state index is 6.07. The maximum absolute atomic E-state index is 6.07.